The summed E-state index contributed by atoms with van der Waals surface area (Å²) in [6.45, 7) is 0. The highest BCUT2D eigenvalue weighted by atomic mass is 14.2. The summed E-state index contributed by atoms with van der Waals surface area (Å²) in [5, 5.41) is 10.1. The Hall–Kier alpha value is -2.60. The molecule has 0 bridgehead atoms. The Morgan fingerprint density at radius 2 is 1.45 bits per heavy atom. The quantitative estimate of drug-likeness (QED) is 0.323. The van der Waals surface area contributed by atoms with Crippen molar-refractivity contribution in [3.05, 3.63) is 77.0 Å². The Balaban J connectivity index is 2.12. The van der Waals surface area contributed by atoms with Crippen LogP contribution in [0, 0.1) is 0 Å². The van der Waals surface area contributed by atoms with Gasteiger partial charge in [-0.25, -0.2) is 0 Å². The monoisotopic (exact) mass is 278 g/mol. The lowest BCUT2D eigenvalue weighted by Gasteiger charge is -2.23. The van der Waals surface area contributed by atoms with Gasteiger partial charge in [0.25, 0.3) is 0 Å². The summed E-state index contributed by atoms with van der Waals surface area (Å²) in [5.41, 5.74) is 4.48. The van der Waals surface area contributed by atoms with Gasteiger partial charge < -0.3 is 0 Å². The van der Waals surface area contributed by atoms with Crippen LogP contribution in [-0.2, 0) is 12.8 Å². The molecule has 22 heavy (non-hydrogen) atoms. The zero-order chi connectivity index (χ0) is 14.3. The first-order valence-corrected chi connectivity index (χ1v) is 7.98. The average molecular weight is 278 g/mol. The van der Waals surface area contributed by atoms with Gasteiger partial charge in [0.1, 0.15) is 0 Å². The van der Waals surface area contributed by atoms with E-state index in [1.165, 1.54) is 54.2 Å². The molecule has 0 saturated carbocycles. The molecule has 0 aliphatic heterocycles. The second-order valence-electron chi connectivity index (χ2n) is 6.57. The zero-order valence-corrected chi connectivity index (χ0v) is 12.2. The first-order chi connectivity index (χ1) is 10.9. The van der Waals surface area contributed by atoms with Gasteiger partial charge in [-0.3, -0.25) is 0 Å². The maximum absolute atomic E-state index is 2.41. The van der Waals surface area contributed by atoms with Gasteiger partial charge in [-0.1, -0.05) is 54.6 Å². The molecule has 0 unspecified atom stereocenters. The van der Waals surface area contributed by atoms with E-state index in [0.29, 0.717) is 0 Å². The molecular formula is C22H14. The van der Waals surface area contributed by atoms with Crippen LogP contribution < -0.4 is 5.22 Å². The minimum atomic E-state index is 1.06. The van der Waals surface area contributed by atoms with E-state index in [2.05, 4.69) is 60.7 Å². The van der Waals surface area contributed by atoms with Gasteiger partial charge in [0.05, 0.1) is 0 Å². The van der Waals surface area contributed by atoms with Gasteiger partial charge in [-0.05, 0) is 73.1 Å². The molecule has 0 radical (unpaired) electrons. The lowest BCUT2D eigenvalue weighted by atomic mass is 9.81. The van der Waals surface area contributed by atoms with Crippen LogP contribution in [-0.4, -0.2) is 0 Å². The third kappa shape index (κ3) is 1.16. The number of allylic oxidation sites excluding steroid dienone is 2. The predicted molar refractivity (Wildman–Crippen MR) is 94.1 cm³/mol. The molecule has 2 aliphatic rings. The highest BCUT2D eigenvalue weighted by molar-refractivity contribution is 6.23. The van der Waals surface area contributed by atoms with Crippen LogP contribution in [0.2, 0.25) is 0 Å². The second-order valence-corrected chi connectivity index (χ2v) is 6.57. The summed E-state index contributed by atoms with van der Waals surface area (Å²) in [6, 6.07) is 18.3. The molecule has 0 saturated heterocycles. The molecule has 0 atom stereocenters. The molecule has 4 aromatic carbocycles. The molecule has 0 heterocycles. The minimum absolute atomic E-state index is 1.06. The highest BCUT2D eigenvalue weighted by Crippen LogP contribution is 2.38. The molecule has 0 nitrogen and oxygen atoms in total. The van der Waals surface area contributed by atoms with E-state index >= 15 is 0 Å². The maximum Gasteiger partial charge on any atom is -0.00121 e. The summed E-state index contributed by atoms with van der Waals surface area (Å²) < 4.78 is 0. The Morgan fingerprint density at radius 3 is 2.36 bits per heavy atom. The SMILES string of the molecule is C1=CC2=c3c(cc4cccc5cc6cccc(c6c3c45)C2)C1. The van der Waals surface area contributed by atoms with Crippen LogP contribution in [0.3, 0.4) is 0 Å². The van der Waals surface area contributed by atoms with Gasteiger partial charge in [0, 0.05) is 0 Å². The molecule has 0 amide bonds. The summed E-state index contributed by atoms with van der Waals surface area (Å²) in [4.78, 5) is 0. The number of hydrogen-bond acceptors (Lipinski definition) is 0. The lowest BCUT2D eigenvalue weighted by molar-refractivity contribution is 1.19. The minimum Gasteiger partial charge on any atom is -0.0798 e. The molecule has 4 aromatic rings. The largest absolute Gasteiger partial charge is 0.0798 e. The molecule has 0 fully saturated rings. The number of benzene rings is 4. The number of rotatable bonds is 0. The van der Waals surface area contributed by atoms with E-state index in [4.69, 9.17) is 0 Å². The van der Waals surface area contributed by atoms with Crippen molar-refractivity contribution in [2.75, 3.05) is 0 Å². The normalized spacial score (nSPS) is 15.5. The van der Waals surface area contributed by atoms with Crippen LogP contribution >= 0.6 is 0 Å². The smallest absolute Gasteiger partial charge is 0.00121 e. The fourth-order valence-electron chi connectivity index (χ4n) is 4.57. The van der Waals surface area contributed by atoms with Crippen molar-refractivity contribution < 1.29 is 0 Å². The highest BCUT2D eigenvalue weighted by Gasteiger charge is 2.20. The topological polar surface area (TPSA) is 0 Å². The van der Waals surface area contributed by atoms with Crippen molar-refractivity contribution in [1.82, 2.24) is 0 Å². The Morgan fingerprint density at radius 1 is 0.682 bits per heavy atom. The summed E-state index contributed by atoms with van der Waals surface area (Å²) in [6.07, 6.45) is 6.81. The Bertz CT molecular complexity index is 1210. The van der Waals surface area contributed by atoms with Crippen molar-refractivity contribution >= 4 is 37.9 Å². The first-order valence-electron chi connectivity index (χ1n) is 7.98. The van der Waals surface area contributed by atoms with Crippen molar-refractivity contribution in [3.8, 4) is 0 Å². The van der Waals surface area contributed by atoms with Gasteiger partial charge in [-0.2, -0.15) is 0 Å². The van der Waals surface area contributed by atoms with E-state index in [9.17, 15) is 0 Å². The molecule has 102 valence electrons. The van der Waals surface area contributed by atoms with E-state index in [-0.39, 0.29) is 0 Å². The van der Waals surface area contributed by atoms with Crippen LogP contribution in [0.5, 0.6) is 0 Å². The van der Waals surface area contributed by atoms with Crippen LogP contribution in [0.1, 0.15) is 11.1 Å². The molecule has 0 N–H and O–H groups in total. The van der Waals surface area contributed by atoms with Crippen LogP contribution in [0.15, 0.2) is 60.7 Å². The standard InChI is InChI=1S/C22H14/c1-4-13-10-15-6-2-8-17-12-18-9-3-7-16-11-14(5-1)19(13)22(20(15)17)21(16)18/h1-8,10,12H,9,11H2. The average Bonchev–Trinajstić information content (AvgIpc) is 2.55. The van der Waals surface area contributed by atoms with Crippen molar-refractivity contribution in [2.45, 2.75) is 12.8 Å². The summed E-state index contributed by atoms with van der Waals surface area (Å²) in [7, 11) is 0. The zero-order valence-electron chi connectivity index (χ0n) is 12.2. The van der Waals surface area contributed by atoms with Gasteiger partial charge in [0.2, 0.25) is 0 Å². The third-order valence-corrected chi connectivity index (χ3v) is 5.38. The Kier molecular flexibility index (Phi) is 1.80. The molecule has 0 heteroatoms. The lowest BCUT2D eigenvalue weighted by Crippen LogP contribution is -2.21. The Labute approximate surface area is 128 Å². The van der Waals surface area contributed by atoms with E-state index in [1.54, 1.807) is 0 Å². The van der Waals surface area contributed by atoms with Crippen molar-refractivity contribution in [3.63, 3.8) is 0 Å². The fraction of sp³-hybridized carbons (Fsp3) is 0.0909. The van der Waals surface area contributed by atoms with Gasteiger partial charge >= 0.3 is 0 Å². The van der Waals surface area contributed by atoms with Crippen molar-refractivity contribution in [1.29, 1.82) is 0 Å². The number of hydrogen-bond donors (Lipinski definition) is 0. The fourth-order valence-corrected chi connectivity index (χ4v) is 4.57. The third-order valence-electron chi connectivity index (χ3n) is 5.38. The molecular weight excluding hydrogens is 264 g/mol. The summed E-state index contributed by atoms with van der Waals surface area (Å²) in [5.74, 6) is 0. The van der Waals surface area contributed by atoms with Gasteiger partial charge in [0.15, 0.2) is 0 Å². The maximum atomic E-state index is 2.41. The van der Waals surface area contributed by atoms with Gasteiger partial charge in [-0.15, -0.1) is 0 Å². The first kappa shape index (κ1) is 11.0. The van der Waals surface area contributed by atoms with Crippen LogP contribution in [0.25, 0.3) is 37.9 Å². The predicted octanol–water partition coefficient (Wildman–Crippen LogP) is 4.68. The molecule has 6 rings (SSSR count). The van der Waals surface area contributed by atoms with Crippen molar-refractivity contribution in [2.24, 2.45) is 0 Å². The van der Waals surface area contributed by atoms with Crippen LogP contribution in [0.4, 0.5) is 0 Å². The summed E-state index contributed by atoms with van der Waals surface area (Å²) >= 11 is 0. The second kappa shape index (κ2) is 3.59. The van der Waals surface area contributed by atoms with E-state index < -0.39 is 0 Å². The van der Waals surface area contributed by atoms with E-state index in [0.717, 1.165) is 12.8 Å². The van der Waals surface area contributed by atoms with E-state index in [1.807, 2.05) is 0 Å². The molecule has 2 aliphatic carbocycles. The molecule has 0 aromatic heterocycles. The molecule has 0 spiro atoms.